The lowest BCUT2D eigenvalue weighted by Gasteiger charge is -2.19. The van der Waals surface area contributed by atoms with Crippen molar-refractivity contribution < 1.29 is 23.7 Å². The van der Waals surface area contributed by atoms with Gasteiger partial charge in [-0.3, -0.25) is 9.78 Å². The van der Waals surface area contributed by atoms with Gasteiger partial charge in [0.15, 0.2) is 0 Å². The molecule has 0 N–H and O–H groups in total. The summed E-state index contributed by atoms with van der Waals surface area (Å²) >= 11 is 0. The number of carbonyl (C=O) groups is 1. The number of nitrogens with zero attached hydrogens (tertiary/aromatic N) is 3. The molecule has 0 radical (unpaired) electrons. The molecule has 2 aromatic heterocycles. The zero-order valence-electron chi connectivity index (χ0n) is 15.9. The van der Waals surface area contributed by atoms with Crippen LogP contribution in [0.15, 0.2) is 36.5 Å². The van der Waals surface area contributed by atoms with Crippen LogP contribution < -0.4 is 9.47 Å². The van der Waals surface area contributed by atoms with E-state index in [9.17, 15) is 4.79 Å². The van der Waals surface area contributed by atoms with Crippen LogP contribution in [-0.2, 0) is 9.47 Å². The van der Waals surface area contributed by atoms with Gasteiger partial charge in [-0.05, 0) is 25.1 Å². The molecule has 0 bridgehead atoms. The molecule has 0 aliphatic carbocycles. The van der Waals surface area contributed by atoms with E-state index in [1.54, 1.807) is 29.3 Å². The molecule has 2 aliphatic rings. The molecule has 8 heteroatoms. The maximum absolute atomic E-state index is 12.7. The molecule has 0 spiro atoms. The molecule has 0 aromatic carbocycles. The van der Waals surface area contributed by atoms with Gasteiger partial charge in [0, 0.05) is 24.8 Å². The Morgan fingerprint density at radius 3 is 2.54 bits per heavy atom. The number of fused-ring (bicyclic) bond motifs is 1. The van der Waals surface area contributed by atoms with E-state index in [4.69, 9.17) is 18.9 Å². The van der Waals surface area contributed by atoms with Gasteiger partial charge in [0.1, 0.15) is 29.8 Å². The summed E-state index contributed by atoms with van der Waals surface area (Å²) in [7, 11) is 1.53. The van der Waals surface area contributed by atoms with Crippen LogP contribution in [0.1, 0.15) is 16.2 Å². The van der Waals surface area contributed by atoms with E-state index in [0.29, 0.717) is 43.6 Å². The van der Waals surface area contributed by atoms with E-state index < -0.39 is 0 Å². The van der Waals surface area contributed by atoms with E-state index in [0.717, 1.165) is 5.69 Å². The molecule has 8 nitrogen and oxygen atoms in total. The molecule has 2 atom stereocenters. The van der Waals surface area contributed by atoms with Crippen molar-refractivity contribution in [2.75, 3.05) is 33.4 Å². The zero-order valence-corrected chi connectivity index (χ0v) is 15.9. The molecular weight excluding hydrogens is 362 g/mol. The minimum absolute atomic E-state index is 0.155. The lowest BCUT2D eigenvalue weighted by Crippen LogP contribution is -2.33. The summed E-state index contributed by atoms with van der Waals surface area (Å²) in [6, 6.07) is 8.93. The van der Waals surface area contributed by atoms with Gasteiger partial charge in [-0.25, -0.2) is 4.98 Å². The van der Waals surface area contributed by atoms with Crippen molar-refractivity contribution in [2.45, 2.75) is 25.2 Å². The molecular formula is C20H23N3O5. The Morgan fingerprint density at radius 2 is 1.89 bits per heavy atom. The van der Waals surface area contributed by atoms with Gasteiger partial charge in [0.25, 0.3) is 5.91 Å². The first-order valence-corrected chi connectivity index (χ1v) is 9.25. The summed E-state index contributed by atoms with van der Waals surface area (Å²) < 4.78 is 23.0. The number of pyridine rings is 2. The van der Waals surface area contributed by atoms with E-state index in [2.05, 4.69) is 9.97 Å². The molecule has 2 fully saturated rings. The van der Waals surface area contributed by atoms with Gasteiger partial charge in [0.05, 0.1) is 26.5 Å². The van der Waals surface area contributed by atoms with Crippen molar-refractivity contribution >= 4 is 5.91 Å². The first-order chi connectivity index (χ1) is 13.6. The Morgan fingerprint density at radius 1 is 1.14 bits per heavy atom. The normalized spacial score (nSPS) is 22.4. The molecule has 2 saturated heterocycles. The second kappa shape index (κ2) is 8.12. The molecule has 0 unspecified atom stereocenters. The lowest BCUT2D eigenvalue weighted by molar-refractivity contribution is -0.00461. The Kier molecular flexibility index (Phi) is 5.40. The molecule has 2 aliphatic heterocycles. The third-order valence-electron chi connectivity index (χ3n) is 4.83. The van der Waals surface area contributed by atoms with Crippen molar-refractivity contribution in [1.29, 1.82) is 0 Å². The van der Waals surface area contributed by atoms with Gasteiger partial charge in [0.2, 0.25) is 5.88 Å². The van der Waals surface area contributed by atoms with E-state index >= 15 is 0 Å². The van der Waals surface area contributed by atoms with Gasteiger partial charge >= 0.3 is 0 Å². The SMILES string of the molecule is COc1cccc(C(=O)N2C[C@@H]3OCC(Oc4ccc(C)nc4)CO[C@H]3C2)n1. The zero-order chi connectivity index (χ0) is 19.5. The Hall–Kier alpha value is -2.71. The first kappa shape index (κ1) is 18.6. The second-order valence-electron chi connectivity index (χ2n) is 6.89. The standard InChI is InChI=1S/C20H23N3O5/c1-13-6-7-14(8-21-13)28-15-11-26-17-9-23(10-18(17)27-12-15)20(24)16-4-3-5-19(22-16)25-2/h3-8,15,17-18H,9-12H2,1-2H3/t17-,18-/m0/s1. The van der Waals surface area contributed by atoms with Crippen LogP contribution in [0.4, 0.5) is 0 Å². The maximum atomic E-state index is 12.7. The van der Waals surface area contributed by atoms with E-state index in [1.165, 1.54) is 7.11 Å². The third-order valence-corrected chi connectivity index (χ3v) is 4.83. The topological polar surface area (TPSA) is 83.0 Å². The highest BCUT2D eigenvalue weighted by Gasteiger charge is 2.40. The molecule has 148 valence electrons. The fourth-order valence-corrected chi connectivity index (χ4v) is 3.33. The van der Waals surface area contributed by atoms with Crippen LogP contribution in [0.5, 0.6) is 11.6 Å². The number of amides is 1. The molecule has 28 heavy (non-hydrogen) atoms. The summed E-state index contributed by atoms with van der Waals surface area (Å²) in [6.45, 7) is 3.64. The van der Waals surface area contributed by atoms with Gasteiger partial charge < -0.3 is 23.8 Å². The van der Waals surface area contributed by atoms with Crippen LogP contribution >= 0.6 is 0 Å². The highest BCUT2D eigenvalue weighted by Crippen LogP contribution is 2.23. The molecule has 2 aromatic rings. The third kappa shape index (κ3) is 4.07. The number of aromatic nitrogens is 2. The molecule has 0 saturated carbocycles. The fraction of sp³-hybridized carbons (Fsp3) is 0.450. The number of hydrogen-bond acceptors (Lipinski definition) is 7. The Bertz CT molecular complexity index is 813. The average Bonchev–Trinajstić information content (AvgIpc) is 3.05. The quantitative estimate of drug-likeness (QED) is 0.788. The average molecular weight is 385 g/mol. The van der Waals surface area contributed by atoms with Gasteiger partial charge in [-0.1, -0.05) is 6.07 Å². The number of methoxy groups -OCH3 is 1. The number of carbonyl (C=O) groups excluding carboxylic acids is 1. The summed E-state index contributed by atoms with van der Waals surface area (Å²) in [6.07, 6.45) is 1.13. The van der Waals surface area contributed by atoms with Crippen molar-refractivity contribution in [1.82, 2.24) is 14.9 Å². The second-order valence-corrected chi connectivity index (χ2v) is 6.89. The van der Waals surface area contributed by atoms with Crippen molar-refractivity contribution in [3.05, 3.63) is 47.9 Å². The van der Waals surface area contributed by atoms with Gasteiger partial charge in [-0.15, -0.1) is 0 Å². The predicted octanol–water partition coefficient (Wildman–Crippen LogP) is 1.48. The van der Waals surface area contributed by atoms with Gasteiger partial charge in [-0.2, -0.15) is 0 Å². The Balaban J connectivity index is 1.35. The Labute approximate surface area is 163 Å². The lowest BCUT2D eigenvalue weighted by atomic mass is 10.3. The number of rotatable bonds is 4. The number of hydrogen-bond donors (Lipinski definition) is 0. The molecule has 4 heterocycles. The van der Waals surface area contributed by atoms with Crippen LogP contribution in [0.2, 0.25) is 0 Å². The fourth-order valence-electron chi connectivity index (χ4n) is 3.33. The molecule has 4 rings (SSSR count). The highest BCUT2D eigenvalue weighted by molar-refractivity contribution is 5.92. The first-order valence-electron chi connectivity index (χ1n) is 9.25. The van der Waals surface area contributed by atoms with Crippen LogP contribution in [0, 0.1) is 6.92 Å². The number of likely N-dealkylation sites (tertiary alicyclic amines) is 1. The van der Waals surface area contributed by atoms with Crippen molar-refractivity contribution in [3.63, 3.8) is 0 Å². The maximum Gasteiger partial charge on any atom is 0.272 e. The summed E-state index contributed by atoms with van der Waals surface area (Å²) in [5.74, 6) is 0.950. The van der Waals surface area contributed by atoms with Crippen LogP contribution in [-0.4, -0.2) is 72.5 Å². The van der Waals surface area contributed by atoms with Crippen molar-refractivity contribution in [3.8, 4) is 11.6 Å². The van der Waals surface area contributed by atoms with Crippen molar-refractivity contribution in [2.24, 2.45) is 0 Å². The summed E-state index contributed by atoms with van der Waals surface area (Å²) in [4.78, 5) is 22.9. The number of aryl methyl sites for hydroxylation is 1. The summed E-state index contributed by atoms with van der Waals surface area (Å²) in [5.41, 5.74) is 1.29. The minimum atomic E-state index is -0.209. The molecule has 1 amide bonds. The summed E-state index contributed by atoms with van der Waals surface area (Å²) in [5, 5.41) is 0. The smallest absolute Gasteiger partial charge is 0.272 e. The number of ether oxygens (including phenoxy) is 4. The van der Waals surface area contributed by atoms with E-state index in [-0.39, 0.29) is 24.2 Å². The predicted molar refractivity (Wildman–Crippen MR) is 99.6 cm³/mol. The highest BCUT2D eigenvalue weighted by atomic mass is 16.6. The van der Waals surface area contributed by atoms with E-state index in [1.807, 2.05) is 19.1 Å². The minimum Gasteiger partial charge on any atom is -0.484 e. The monoisotopic (exact) mass is 385 g/mol. The van der Waals surface area contributed by atoms with Crippen LogP contribution in [0.25, 0.3) is 0 Å². The largest absolute Gasteiger partial charge is 0.484 e. The van der Waals surface area contributed by atoms with Crippen LogP contribution in [0.3, 0.4) is 0 Å².